The summed E-state index contributed by atoms with van der Waals surface area (Å²) < 4.78 is 0. The van der Waals surface area contributed by atoms with E-state index < -0.39 is 0 Å². The van der Waals surface area contributed by atoms with Crippen molar-refractivity contribution in [2.45, 2.75) is 6.92 Å². The third-order valence-corrected chi connectivity index (χ3v) is 2.79. The highest BCUT2D eigenvalue weighted by molar-refractivity contribution is 5.71. The van der Waals surface area contributed by atoms with Crippen LogP contribution in [0, 0.1) is 6.92 Å². The van der Waals surface area contributed by atoms with E-state index in [1.807, 2.05) is 32.3 Å². The molecule has 1 heterocycles. The van der Waals surface area contributed by atoms with Crippen LogP contribution in [0.1, 0.15) is 5.56 Å². The van der Waals surface area contributed by atoms with E-state index in [1.54, 1.807) is 6.20 Å². The lowest BCUT2D eigenvalue weighted by molar-refractivity contribution is 1.11. The van der Waals surface area contributed by atoms with Crippen LogP contribution in [0.5, 0.6) is 0 Å². The van der Waals surface area contributed by atoms with E-state index in [0.717, 1.165) is 5.69 Å². The standard InChI is InChI=1S/C14H18N4/c1-10-6-7-11(9-13(10)18(2)3)17-14-12(15)5-4-8-16-14/h4-9H,15H2,1-3H3,(H,16,17). The van der Waals surface area contributed by atoms with Gasteiger partial charge in [-0.3, -0.25) is 0 Å². The molecule has 0 saturated carbocycles. The first-order valence-electron chi connectivity index (χ1n) is 5.83. The number of hydrogen-bond donors (Lipinski definition) is 2. The van der Waals surface area contributed by atoms with Crippen molar-refractivity contribution in [3.63, 3.8) is 0 Å². The highest BCUT2D eigenvalue weighted by Crippen LogP contribution is 2.26. The first-order valence-corrected chi connectivity index (χ1v) is 5.83. The Hall–Kier alpha value is -2.23. The fourth-order valence-corrected chi connectivity index (χ4v) is 1.83. The number of nitrogens with two attached hydrogens (primary N) is 1. The van der Waals surface area contributed by atoms with Gasteiger partial charge < -0.3 is 16.0 Å². The zero-order chi connectivity index (χ0) is 13.1. The highest BCUT2D eigenvalue weighted by atomic mass is 15.1. The van der Waals surface area contributed by atoms with Crippen LogP contribution in [0.2, 0.25) is 0 Å². The van der Waals surface area contributed by atoms with Crippen LogP contribution in [0.3, 0.4) is 0 Å². The second-order valence-corrected chi connectivity index (χ2v) is 4.46. The second-order valence-electron chi connectivity index (χ2n) is 4.46. The molecule has 0 aliphatic carbocycles. The Morgan fingerprint density at radius 1 is 1.22 bits per heavy atom. The van der Waals surface area contributed by atoms with Crippen molar-refractivity contribution in [3.8, 4) is 0 Å². The molecule has 0 spiro atoms. The maximum atomic E-state index is 5.86. The lowest BCUT2D eigenvalue weighted by atomic mass is 10.1. The van der Waals surface area contributed by atoms with Crippen molar-refractivity contribution in [1.29, 1.82) is 0 Å². The maximum absolute atomic E-state index is 5.86. The monoisotopic (exact) mass is 242 g/mol. The Balaban J connectivity index is 2.30. The topological polar surface area (TPSA) is 54.2 Å². The predicted octanol–water partition coefficient (Wildman–Crippen LogP) is 2.78. The van der Waals surface area contributed by atoms with E-state index in [4.69, 9.17) is 5.73 Å². The number of nitrogens with one attached hydrogen (secondary N) is 1. The highest BCUT2D eigenvalue weighted by Gasteiger charge is 2.04. The minimum Gasteiger partial charge on any atom is -0.396 e. The molecule has 0 fully saturated rings. The number of nitrogen functional groups attached to an aromatic ring is 1. The molecule has 0 atom stereocenters. The number of aromatic nitrogens is 1. The maximum Gasteiger partial charge on any atom is 0.153 e. The molecule has 1 aromatic heterocycles. The minimum absolute atomic E-state index is 0.643. The van der Waals surface area contributed by atoms with Gasteiger partial charge in [-0.2, -0.15) is 0 Å². The summed E-state index contributed by atoms with van der Waals surface area (Å²) in [6.07, 6.45) is 1.72. The average Bonchev–Trinajstić information content (AvgIpc) is 2.34. The molecule has 3 N–H and O–H groups in total. The molecule has 1 aromatic carbocycles. The number of aryl methyl sites for hydroxylation is 1. The predicted molar refractivity (Wildman–Crippen MR) is 77.4 cm³/mol. The van der Waals surface area contributed by atoms with E-state index in [-0.39, 0.29) is 0 Å². The summed E-state index contributed by atoms with van der Waals surface area (Å²) in [7, 11) is 4.06. The van der Waals surface area contributed by atoms with E-state index in [2.05, 4.69) is 34.3 Å². The van der Waals surface area contributed by atoms with Gasteiger partial charge in [-0.25, -0.2) is 4.98 Å². The third-order valence-electron chi connectivity index (χ3n) is 2.79. The fourth-order valence-electron chi connectivity index (χ4n) is 1.83. The molecule has 0 aliphatic rings. The van der Waals surface area contributed by atoms with Crippen LogP contribution in [0.15, 0.2) is 36.5 Å². The molecule has 0 bridgehead atoms. The summed E-state index contributed by atoms with van der Waals surface area (Å²) in [4.78, 5) is 6.31. The molecule has 0 amide bonds. The zero-order valence-corrected chi connectivity index (χ0v) is 10.9. The number of hydrogen-bond acceptors (Lipinski definition) is 4. The first-order chi connectivity index (χ1) is 8.58. The number of benzene rings is 1. The fraction of sp³-hybridized carbons (Fsp3) is 0.214. The van der Waals surface area contributed by atoms with Crippen LogP contribution >= 0.6 is 0 Å². The molecule has 0 aliphatic heterocycles. The van der Waals surface area contributed by atoms with Crippen molar-refractivity contribution >= 4 is 22.9 Å². The molecule has 2 rings (SSSR count). The van der Waals surface area contributed by atoms with Crippen LogP contribution in [0.25, 0.3) is 0 Å². The zero-order valence-electron chi connectivity index (χ0n) is 10.9. The molecule has 18 heavy (non-hydrogen) atoms. The first kappa shape index (κ1) is 12.2. The molecular weight excluding hydrogens is 224 g/mol. The smallest absolute Gasteiger partial charge is 0.153 e. The van der Waals surface area contributed by atoms with Crippen molar-refractivity contribution in [2.75, 3.05) is 30.0 Å². The summed E-state index contributed by atoms with van der Waals surface area (Å²) in [6.45, 7) is 2.09. The van der Waals surface area contributed by atoms with Crippen LogP contribution in [0.4, 0.5) is 22.9 Å². The van der Waals surface area contributed by atoms with Gasteiger partial charge in [0.1, 0.15) is 0 Å². The summed E-state index contributed by atoms with van der Waals surface area (Å²) in [5.41, 5.74) is 9.90. The van der Waals surface area contributed by atoms with Crippen LogP contribution < -0.4 is 16.0 Å². The van der Waals surface area contributed by atoms with Gasteiger partial charge in [-0.05, 0) is 36.8 Å². The number of pyridine rings is 1. The molecule has 0 saturated heterocycles. The Morgan fingerprint density at radius 2 is 2.00 bits per heavy atom. The molecule has 2 aromatic rings. The van der Waals surface area contributed by atoms with Crippen molar-refractivity contribution < 1.29 is 0 Å². The van der Waals surface area contributed by atoms with Gasteiger partial charge in [0.2, 0.25) is 0 Å². The minimum atomic E-state index is 0.643. The largest absolute Gasteiger partial charge is 0.396 e. The molecule has 0 radical (unpaired) electrons. The Kier molecular flexibility index (Phi) is 3.37. The van der Waals surface area contributed by atoms with E-state index in [0.29, 0.717) is 11.5 Å². The SMILES string of the molecule is Cc1ccc(Nc2ncccc2N)cc1N(C)C. The summed E-state index contributed by atoms with van der Waals surface area (Å²) in [6, 6.07) is 9.84. The summed E-state index contributed by atoms with van der Waals surface area (Å²) in [5, 5.41) is 3.23. The normalized spacial score (nSPS) is 10.2. The lowest BCUT2D eigenvalue weighted by Crippen LogP contribution is -2.10. The van der Waals surface area contributed by atoms with Crippen LogP contribution in [-0.4, -0.2) is 19.1 Å². The molecule has 4 heteroatoms. The number of rotatable bonds is 3. The van der Waals surface area contributed by atoms with Gasteiger partial charge in [-0.15, -0.1) is 0 Å². The van der Waals surface area contributed by atoms with E-state index in [1.165, 1.54) is 11.3 Å². The lowest BCUT2D eigenvalue weighted by Gasteiger charge is -2.17. The molecular formula is C14H18N4. The summed E-state index contributed by atoms with van der Waals surface area (Å²) >= 11 is 0. The van der Waals surface area contributed by atoms with E-state index in [9.17, 15) is 0 Å². The average molecular weight is 242 g/mol. The van der Waals surface area contributed by atoms with Crippen molar-refractivity contribution in [3.05, 3.63) is 42.1 Å². The van der Waals surface area contributed by atoms with Gasteiger partial charge >= 0.3 is 0 Å². The number of nitrogens with zero attached hydrogens (tertiary/aromatic N) is 2. The third kappa shape index (κ3) is 2.53. The second kappa shape index (κ2) is 4.96. The van der Waals surface area contributed by atoms with Gasteiger partial charge in [-0.1, -0.05) is 6.07 Å². The van der Waals surface area contributed by atoms with Crippen molar-refractivity contribution in [2.24, 2.45) is 0 Å². The van der Waals surface area contributed by atoms with Gasteiger partial charge in [0.15, 0.2) is 5.82 Å². The molecule has 0 unspecified atom stereocenters. The Bertz CT molecular complexity index is 549. The molecule has 94 valence electrons. The van der Waals surface area contributed by atoms with Crippen molar-refractivity contribution in [1.82, 2.24) is 4.98 Å². The van der Waals surface area contributed by atoms with Gasteiger partial charge in [0.05, 0.1) is 5.69 Å². The molecule has 4 nitrogen and oxygen atoms in total. The number of anilines is 4. The van der Waals surface area contributed by atoms with E-state index >= 15 is 0 Å². The van der Waals surface area contributed by atoms with Gasteiger partial charge in [0.25, 0.3) is 0 Å². The summed E-state index contributed by atoms with van der Waals surface area (Å²) in [5.74, 6) is 0.686. The van der Waals surface area contributed by atoms with Crippen LogP contribution in [-0.2, 0) is 0 Å². The quantitative estimate of drug-likeness (QED) is 0.869. The van der Waals surface area contributed by atoms with Gasteiger partial charge in [0, 0.05) is 31.7 Å². The Morgan fingerprint density at radius 3 is 2.67 bits per heavy atom. The Labute approximate surface area is 107 Å².